The first-order valence-corrected chi connectivity index (χ1v) is 13.8. The van der Waals surface area contributed by atoms with E-state index in [1.165, 1.54) is 19.2 Å². The zero-order valence-electron chi connectivity index (χ0n) is 24.0. The van der Waals surface area contributed by atoms with E-state index in [1.54, 1.807) is 30.3 Å². The number of quaternary nitrogens is 1. The minimum atomic E-state index is -0.847. The van der Waals surface area contributed by atoms with Crippen LogP contribution in [0.2, 0.25) is 0 Å². The molecule has 0 aliphatic heterocycles. The van der Waals surface area contributed by atoms with Crippen LogP contribution in [0.1, 0.15) is 47.4 Å². The molecule has 4 rings (SSSR count). The van der Waals surface area contributed by atoms with Gasteiger partial charge in [-0.05, 0) is 54.1 Å². The van der Waals surface area contributed by atoms with Crippen LogP contribution in [0.4, 0.5) is 4.39 Å². The van der Waals surface area contributed by atoms with E-state index in [0.717, 1.165) is 35.7 Å². The van der Waals surface area contributed by atoms with E-state index >= 15 is 0 Å². The highest BCUT2D eigenvalue weighted by Crippen LogP contribution is 2.36. The largest absolute Gasteiger partial charge is 0.471 e. The number of likely N-dealkylation sites (N-methyl/N-ethyl adjacent to an activating group) is 1. The van der Waals surface area contributed by atoms with E-state index in [2.05, 4.69) is 13.0 Å². The number of ether oxygens (including phenoxy) is 2. The highest BCUT2D eigenvalue weighted by atomic mass is 19.1. The highest BCUT2D eigenvalue weighted by Gasteiger charge is 2.39. The van der Waals surface area contributed by atoms with Gasteiger partial charge in [0.2, 0.25) is 17.8 Å². The lowest BCUT2D eigenvalue weighted by atomic mass is 9.91. The number of nitrogens with zero attached hydrogens (tertiary/aromatic N) is 2. The second-order valence-electron chi connectivity index (χ2n) is 10.7. The smallest absolute Gasteiger partial charge is 0.369 e. The first-order chi connectivity index (χ1) is 19.7. The average Bonchev–Trinajstić information content (AvgIpc) is 2.96. The molecule has 3 aromatic carbocycles. The van der Waals surface area contributed by atoms with E-state index in [1.807, 2.05) is 38.4 Å². The van der Waals surface area contributed by atoms with Gasteiger partial charge in [-0.1, -0.05) is 55.8 Å². The van der Waals surface area contributed by atoms with Crippen molar-refractivity contribution in [2.75, 3.05) is 34.4 Å². The Morgan fingerprint density at radius 2 is 1.73 bits per heavy atom. The van der Waals surface area contributed by atoms with Crippen LogP contribution >= 0.6 is 0 Å². The number of aryl methyl sites for hydroxylation is 1. The number of hydrogen-bond acceptors (Lipinski definition) is 5. The minimum absolute atomic E-state index is 0.136. The molecule has 1 amide bonds. The highest BCUT2D eigenvalue weighted by molar-refractivity contribution is 5.95. The van der Waals surface area contributed by atoms with Gasteiger partial charge in [0, 0.05) is 27.8 Å². The second kappa shape index (κ2) is 12.9. The quantitative estimate of drug-likeness (QED) is 0.174. The summed E-state index contributed by atoms with van der Waals surface area (Å²) >= 11 is 0. The van der Waals surface area contributed by atoms with Crippen molar-refractivity contribution in [2.24, 2.45) is 5.73 Å². The van der Waals surface area contributed by atoms with Gasteiger partial charge in [0.25, 0.3) is 0 Å². The van der Waals surface area contributed by atoms with Gasteiger partial charge >= 0.3 is 5.97 Å². The molecule has 0 unspecified atom stereocenters. The van der Waals surface area contributed by atoms with E-state index in [-0.39, 0.29) is 22.2 Å². The Hall–Kier alpha value is -4.30. The van der Waals surface area contributed by atoms with Gasteiger partial charge in [0.05, 0.1) is 21.2 Å². The number of unbranched alkanes of at least 4 members (excludes halogenated alkanes) is 1. The summed E-state index contributed by atoms with van der Waals surface area (Å²) < 4.78 is 26.6. The fourth-order valence-electron chi connectivity index (χ4n) is 5.08. The van der Waals surface area contributed by atoms with Crippen molar-refractivity contribution in [2.45, 2.75) is 32.2 Å². The lowest BCUT2D eigenvalue weighted by Gasteiger charge is -2.37. The molecule has 41 heavy (non-hydrogen) atoms. The third-order valence-electron chi connectivity index (χ3n) is 7.37. The van der Waals surface area contributed by atoms with Gasteiger partial charge in [0.15, 0.2) is 0 Å². The molecule has 0 aliphatic rings. The van der Waals surface area contributed by atoms with Crippen molar-refractivity contribution in [1.29, 1.82) is 0 Å². The number of carbonyl (C=O) groups excluding carboxylic acids is 2. The molecule has 2 N–H and O–H groups in total. The summed E-state index contributed by atoms with van der Waals surface area (Å²) in [5.41, 5.74) is 7.91. The van der Waals surface area contributed by atoms with Crippen molar-refractivity contribution in [3.05, 3.63) is 95.4 Å². The normalized spacial score (nSPS) is 12.2. The molecule has 8 heteroatoms. The number of esters is 1. The molecular formula is C33H37FN3O4+. The van der Waals surface area contributed by atoms with Crippen LogP contribution in [0, 0.1) is 5.82 Å². The van der Waals surface area contributed by atoms with Crippen LogP contribution in [-0.2, 0) is 16.0 Å². The molecule has 4 aromatic rings. The number of hydrogen-bond donors (Lipinski definition) is 1. The minimum Gasteiger partial charge on any atom is -0.471 e. The summed E-state index contributed by atoms with van der Waals surface area (Å²) in [6.07, 6.45) is 2.97. The molecule has 0 spiro atoms. The first-order valence-electron chi connectivity index (χ1n) is 13.8. The SMILES string of the molecule is CCCCc1cc2ccccc2c(OCC[N+](C)(C)[C@@H](C(=O)OC)c2ccc(C(N)=O)cc2-c2ccccc2F)n1. The Kier molecular flexibility index (Phi) is 9.35. The Morgan fingerprint density at radius 1 is 1.00 bits per heavy atom. The number of rotatable bonds is 12. The number of pyridine rings is 1. The van der Waals surface area contributed by atoms with Crippen LogP contribution in [0.3, 0.4) is 0 Å². The van der Waals surface area contributed by atoms with Gasteiger partial charge in [-0.15, -0.1) is 0 Å². The van der Waals surface area contributed by atoms with Crippen LogP contribution < -0.4 is 10.5 Å². The number of fused-ring (bicyclic) bond motifs is 1. The van der Waals surface area contributed by atoms with Crippen LogP contribution in [-0.4, -0.2) is 55.7 Å². The number of benzene rings is 3. The molecule has 0 saturated heterocycles. The number of aromatic nitrogens is 1. The molecule has 1 heterocycles. The Morgan fingerprint density at radius 3 is 2.44 bits per heavy atom. The maximum absolute atomic E-state index is 15.0. The van der Waals surface area contributed by atoms with E-state index in [9.17, 15) is 14.0 Å². The van der Waals surface area contributed by atoms with Crippen LogP contribution in [0.5, 0.6) is 5.88 Å². The van der Waals surface area contributed by atoms with Crippen LogP contribution in [0.25, 0.3) is 21.9 Å². The summed E-state index contributed by atoms with van der Waals surface area (Å²) in [6.45, 7) is 2.82. The number of nitrogens with two attached hydrogens (primary N) is 1. The van der Waals surface area contributed by atoms with Crippen molar-refractivity contribution in [1.82, 2.24) is 4.98 Å². The lowest BCUT2D eigenvalue weighted by molar-refractivity contribution is -0.912. The molecule has 0 fully saturated rings. The van der Waals surface area contributed by atoms with E-state index in [0.29, 0.717) is 23.6 Å². The van der Waals surface area contributed by atoms with E-state index < -0.39 is 23.7 Å². The summed E-state index contributed by atoms with van der Waals surface area (Å²) in [5.74, 6) is -1.06. The second-order valence-corrected chi connectivity index (χ2v) is 10.7. The third kappa shape index (κ3) is 6.72. The standard InChI is InChI=1S/C33H36FN3O4/c1-5-6-12-24-20-22-11-7-8-13-25(22)32(36-24)41-19-18-37(2,3)30(33(39)40-4)27-17-16-23(31(35)38)21-28(27)26-14-9-10-15-29(26)34/h7-11,13-17,20-21,30H,5-6,12,18-19H2,1-4H3,(H-,35,38)/p+1/t30-/m1/s1. The summed E-state index contributed by atoms with van der Waals surface area (Å²) in [7, 11) is 5.10. The van der Waals surface area contributed by atoms with Gasteiger partial charge in [0.1, 0.15) is 19.0 Å². The van der Waals surface area contributed by atoms with Crippen molar-refractivity contribution < 1.29 is 27.9 Å². The Labute approximate surface area is 240 Å². The lowest BCUT2D eigenvalue weighted by Crippen LogP contribution is -2.49. The Balaban J connectivity index is 1.68. The van der Waals surface area contributed by atoms with Crippen LogP contribution in [0.15, 0.2) is 72.8 Å². The molecular weight excluding hydrogens is 521 g/mol. The molecule has 1 aromatic heterocycles. The number of primary amides is 1. The van der Waals surface area contributed by atoms with Gasteiger partial charge < -0.3 is 19.7 Å². The average molecular weight is 559 g/mol. The monoisotopic (exact) mass is 558 g/mol. The predicted octanol–water partition coefficient (Wildman–Crippen LogP) is 5.85. The molecule has 0 aliphatic carbocycles. The first kappa shape index (κ1) is 29.7. The third-order valence-corrected chi connectivity index (χ3v) is 7.37. The van der Waals surface area contributed by atoms with E-state index in [4.69, 9.17) is 20.2 Å². The molecule has 0 saturated carbocycles. The molecule has 7 nitrogen and oxygen atoms in total. The maximum Gasteiger partial charge on any atom is 0.369 e. The molecule has 214 valence electrons. The zero-order chi connectivity index (χ0) is 29.6. The molecule has 1 atom stereocenters. The fourth-order valence-corrected chi connectivity index (χ4v) is 5.08. The Bertz CT molecular complexity index is 1550. The number of amides is 1. The maximum atomic E-state index is 15.0. The predicted molar refractivity (Wildman–Crippen MR) is 158 cm³/mol. The van der Waals surface area contributed by atoms with Gasteiger partial charge in [-0.2, -0.15) is 0 Å². The fraction of sp³-hybridized carbons (Fsp3) is 0.303. The summed E-state index contributed by atoms with van der Waals surface area (Å²) in [6, 6.07) is 20.2. The zero-order valence-corrected chi connectivity index (χ0v) is 24.0. The van der Waals surface area contributed by atoms with Crippen molar-refractivity contribution in [3.8, 4) is 17.0 Å². The molecule has 0 radical (unpaired) electrons. The number of methoxy groups -OCH3 is 1. The topological polar surface area (TPSA) is 91.5 Å². The molecule has 0 bridgehead atoms. The number of carbonyl (C=O) groups is 2. The van der Waals surface area contributed by atoms with Gasteiger partial charge in [-0.3, -0.25) is 4.79 Å². The van der Waals surface area contributed by atoms with Crippen molar-refractivity contribution >= 4 is 22.6 Å². The summed E-state index contributed by atoms with van der Waals surface area (Å²) in [5, 5.41) is 1.99. The van der Waals surface area contributed by atoms with Crippen molar-refractivity contribution in [3.63, 3.8) is 0 Å². The number of halogens is 1. The van der Waals surface area contributed by atoms with Gasteiger partial charge in [-0.25, -0.2) is 14.2 Å². The summed E-state index contributed by atoms with van der Waals surface area (Å²) in [4.78, 5) is 30.1.